The fourth-order valence-corrected chi connectivity index (χ4v) is 3.26. The summed E-state index contributed by atoms with van der Waals surface area (Å²) in [5.41, 5.74) is 1.99. The molecule has 1 unspecified atom stereocenters. The Morgan fingerprint density at radius 1 is 1.24 bits per heavy atom. The van der Waals surface area contributed by atoms with Crippen LogP contribution >= 0.6 is 27.5 Å². The molecule has 1 atom stereocenters. The number of hydrogen-bond acceptors (Lipinski definition) is 2. The molecule has 21 heavy (non-hydrogen) atoms. The van der Waals surface area contributed by atoms with Gasteiger partial charge in [-0.25, -0.2) is 0 Å². The monoisotopic (exact) mass is 365 g/mol. The van der Waals surface area contributed by atoms with Gasteiger partial charge in [-0.3, -0.25) is 0 Å². The second kappa shape index (κ2) is 5.54. The molecule has 0 aromatic heterocycles. The Labute approximate surface area is 138 Å². The molecule has 1 aliphatic heterocycles. The Hall–Kier alpha value is -1.19. The second-order valence-corrected chi connectivity index (χ2v) is 7.22. The van der Waals surface area contributed by atoms with E-state index < -0.39 is 0 Å². The van der Waals surface area contributed by atoms with E-state index in [1.807, 2.05) is 36.4 Å². The number of halogens is 2. The summed E-state index contributed by atoms with van der Waals surface area (Å²) in [6.45, 7) is 4.23. The van der Waals surface area contributed by atoms with Gasteiger partial charge in [0.05, 0.1) is 11.7 Å². The van der Waals surface area contributed by atoms with Gasteiger partial charge >= 0.3 is 0 Å². The Morgan fingerprint density at radius 2 is 2.00 bits per heavy atom. The largest absolute Gasteiger partial charge is 0.487 e. The lowest BCUT2D eigenvalue weighted by atomic mass is 9.89. The number of nitrogens with one attached hydrogen (secondary N) is 1. The predicted octanol–water partition coefficient (Wildman–Crippen LogP) is 5.82. The zero-order chi connectivity index (χ0) is 15.0. The van der Waals surface area contributed by atoms with Gasteiger partial charge in [0, 0.05) is 21.5 Å². The topological polar surface area (TPSA) is 21.3 Å². The first-order chi connectivity index (χ1) is 9.94. The van der Waals surface area contributed by atoms with Gasteiger partial charge in [-0.05, 0) is 54.0 Å². The van der Waals surface area contributed by atoms with Crippen molar-refractivity contribution in [1.29, 1.82) is 0 Å². The Morgan fingerprint density at radius 3 is 2.81 bits per heavy atom. The molecule has 0 bridgehead atoms. The molecule has 0 aliphatic carbocycles. The fraction of sp³-hybridized carbons (Fsp3) is 0.294. The van der Waals surface area contributed by atoms with Crippen LogP contribution in [0, 0.1) is 0 Å². The third-order valence-electron chi connectivity index (χ3n) is 3.63. The van der Waals surface area contributed by atoms with E-state index in [2.05, 4.69) is 41.2 Å². The molecule has 0 saturated carbocycles. The molecule has 0 amide bonds. The highest BCUT2D eigenvalue weighted by atomic mass is 79.9. The normalized spacial score (nSPS) is 19.5. The van der Waals surface area contributed by atoms with Gasteiger partial charge in [-0.15, -0.1) is 0 Å². The van der Waals surface area contributed by atoms with Crippen molar-refractivity contribution in [2.75, 3.05) is 5.32 Å². The Balaban J connectivity index is 1.96. The third kappa shape index (κ3) is 3.19. The number of anilines is 1. The molecule has 0 saturated heterocycles. The maximum atomic E-state index is 6.11. The van der Waals surface area contributed by atoms with Crippen LogP contribution in [0.2, 0.25) is 5.02 Å². The summed E-state index contributed by atoms with van der Waals surface area (Å²) in [4.78, 5) is 0. The van der Waals surface area contributed by atoms with Gasteiger partial charge in [0.2, 0.25) is 0 Å². The summed E-state index contributed by atoms with van der Waals surface area (Å²) < 4.78 is 7.07. The van der Waals surface area contributed by atoms with Gasteiger partial charge in [-0.2, -0.15) is 0 Å². The number of ether oxygens (including phenoxy) is 1. The molecule has 1 N–H and O–H groups in total. The van der Waals surface area contributed by atoms with Crippen LogP contribution < -0.4 is 10.1 Å². The molecular weight excluding hydrogens is 350 g/mol. The first kappa shape index (κ1) is 14.7. The van der Waals surface area contributed by atoms with Crippen LogP contribution in [-0.2, 0) is 0 Å². The van der Waals surface area contributed by atoms with Gasteiger partial charge in [0.25, 0.3) is 0 Å². The van der Waals surface area contributed by atoms with Crippen molar-refractivity contribution in [3.63, 3.8) is 0 Å². The second-order valence-electron chi connectivity index (χ2n) is 5.92. The highest BCUT2D eigenvalue weighted by molar-refractivity contribution is 9.10. The quantitative estimate of drug-likeness (QED) is 0.723. The van der Waals surface area contributed by atoms with Gasteiger partial charge in [0.1, 0.15) is 11.4 Å². The molecule has 0 radical (unpaired) electrons. The maximum Gasteiger partial charge on any atom is 0.125 e. The van der Waals surface area contributed by atoms with Crippen molar-refractivity contribution in [2.24, 2.45) is 0 Å². The zero-order valence-corrected chi connectivity index (χ0v) is 14.3. The lowest BCUT2D eigenvalue weighted by molar-refractivity contribution is 0.0759. The molecule has 2 aromatic rings. The first-order valence-electron chi connectivity index (χ1n) is 6.94. The van der Waals surface area contributed by atoms with Crippen LogP contribution in [0.25, 0.3) is 0 Å². The zero-order valence-electron chi connectivity index (χ0n) is 12.0. The van der Waals surface area contributed by atoms with E-state index in [0.29, 0.717) is 0 Å². The lowest BCUT2D eigenvalue weighted by Crippen LogP contribution is -2.37. The van der Waals surface area contributed by atoms with Crippen molar-refractivity contribution in [2.45, 2.75) is 31.9 Å². The Kier molecular flexibility index (Phi) is 3.89. The van der Waals surface area contributed by atoms with Crippen molar-refractivity contribution >= 4 is 33.2 Å². The van der Waals surface area contributed by atoms with Crippen LogP contribution in [-0.4, -0.2) is 5.60 Å². The first-order valence-corrected chi connectivity index (χ1v) is 8.11. The van der Waals surface area contributed by atoms with E-state index in [1.54, 1.807) is 0 Å². The number of benzene rings is 2. The van der Waals surface area contributed by atoms with Crippen molar-refractivity contribution in [3.05, 3.63) is 57.5 Å². The van der Waals surface area contributed by atoms with Crippen LogP contribution in [0.15, 0.2) is 46.9 Å². The SMILES string of the molecule is CC1(C)CC(Nc2cc(Cl)ccc2Br)c2ccccc2O1. The van der Waals surface area contributed by atoms with E-state index in [0.717, 1.165) is 27.4 Å². The minimum atomic E-state index is -0.197. The summed E-state index contributed by atoms with van der Waals surface area (Å²) in [6.07, 6.45) is 0.892. The number of para-hydroxylation sites is 1. The summed E-state index contributed by atoms with van der Waals surface area (Å²) in [6, 6.07) is 14.2. The molecule has 2 nitrogen and oxygen atoms in total. The van der Waals surface area contributed by atoms with Crippen LogP contribution in [0.1, 0.15) is 31.9 Å². The summed E-state index contributed by atoms with van der Waals surface area (Å²) in [5.74, 6) is 0.949. The molecule has 1 heterocycles. The van der Waals surface area contributed by atoms with E-state index in [-0.39, 0.29) is 11.6 Å². The van der Waals surface area contributed by atoms with E-state index >= 15 is 0 Å². The van der Waals surface area contributed by atoms with Gasteiger partial charge < -0.3 is 10.1 Å². The molecule has 110 valence electrons. The standard InChI is InChI=1S/C17H17BrClNO/c1-17(2)10-15(12-5-3-4-6-16(12)21-17)20-14-9-11(19)7-8-13(14)18/h3-9,15,20H,10H2,1-2H3. The Bertz CT molecular complexity index is 672. The summed E-state index contributed by atoms with van der Waals surface area (Å²) in [7, 11) is 0. The van der Waals surface area contributed by atoms with E-state index in [1.165, 1.54) is 5.56 Å². The molecular formula is C17H17BrClNO. The highest BCUT2D eigenvalue weighted by Crippen LogP contribution is 2.42. The summed E-state index contributed by atoms with van der Waals surface area (Å²) >= 11 is 9.68. The van der Waals surface area contributed by atoms with Crippen LogP contribution in [0.3, 0.4) is 0 Å². The average molecular weight is 367 g/mol. The van der Waals surface area contributed by atoms with Gasteiger partial charge in [-0.1, -0.05) is 29.8 Å². The molecule has 0 fully saturated rings. The van der Waals surface area contributed by atoms with Crippen LogP contribution in [0.4, 0.5) is 5.69 Å². The fourth-order valence-electron chi connectivity index (χ4n) is 2.73. The lowest BCUT2D eigenvalue weighted by Gasteiger charge is -2.38. The van der Waals surface area contributed by atoms with Crippen molar-refractivity contribution in [3.8, 4) is 5.75 Å². The van der Waals surface area contributed by atoms with E-state index in [9.17, 15) is 0 Å². The van der Waals surface area contributed by atoms with Crippen molar-refractivity contribution in [1.82, 2.24) is 0 Å². The van der Waals surface area contributed by atoms with Crippen molar-refractivity contribution < 1.29 is 4.74 Å². The molecule has 1 aliphatic rings. The number of hydrogen-bond donors (Lipinski definition) is 1. The maximum absolute atomic E-state index is 6.11. The molecule has 2 aromatic carbocycles. The van der Waals surface area contributed by atoms with Crippen LogP contribution in [0.5, 0.6) is 5.75 Å². The minimum absolute atomic E-state index is 0.194. The highest BCUT2D eigenvalue weighted by Gasteiger charge is 2.33. The molecule has 0 spiro atoms. The number of rotatable bonds is 2. The van der Waals surface area contributed by atoms with Gasteiger partial charge in [0.15, 0.2) is 0 Å². The van der Waals surface area contributed by atoms with E-state index in [4.69, 9.17) is 16.3 Å². The predicted molar refractivity (Wildman–Crippen MR) is 91.3 cm³/mol. The smallest absolute Gasteiger partial charge is 0.125 e. The number of fused-ring (bicyclic) bond motifs is 1. The average Bonchev–Trinajstić information content (AvgIpc) is 2.41. The molecule has 4 heteroatoms. The minimum Gasteiger partial charge on any atom is -0.487 e. The molecule has 3 rings (SSSR count). The summed E-state index contributed by atoms with van der Waals surface area (Å²) in [5, 5.41) is 4.31. The third-order valence-corrected chi connectivity index (χ3v) is 4.56.